The minimum Gasteiger partial charge on any atom is -0.481 e. The number of benzene rings is 1. The standard InChI is InChI=1S/C12H13FO3/c13-9-3-1-2-8(6-9)11-7-16-5-4-10(11)12(14)15/h1-3,6,10-11H,4-5,7H2,(H,14,15). The first kappa shape index (κ1) is 11.1. The molecular formula is C12H13FO3. The molecule has 0 radical (unpaired) electrons. The van der Waals surface area contributed by atoms with Gasteiger partial charge < -0.3 is 9.84 Å². The lowest BCUT2D eigenvalue weighted by molar-refractivity contribution is -0.146. The van der Waals surface area contributed by atoms with Gasteiger partial charge in [-0.3, -0.25) is 4.79 Å². The minimum atomic E-state index is -0.836. The molecule has 86 valence electrons. The van der Waals surface area contributed by atoms with Gasteiger partial charge in [-0.05, 0) is 24.1 Å². The Bertz CT molecular complexity index is 392. The van der Waals surface area contributed by atoms with Crippen LogP contribution in [-0.2, 0) is 9.53 Å². The van der Waals surface area contributed by atoms with E-state index in [1.807, 2.05) is 0 Å². The molecule has 1 aromatic rings. The Balaban J connectivity index is 2.26. The lowest BCUT2D eigenvalue weighted by Crippen LogP contribution is -2.31. The average molecular weight is 224 g/mol. The summed E-state index contributed by atoms with van der Waals surface area (Å²) in [6, 6.07) is 6.08. The van der Waals surface area contributed by atoms with Crippen molar-refractivity contribution in [1.82, 2.24) is 0 Å². The van der Waals surface area contributed by atoms with Crippen molar-refractivity contribution >= 4 is 5.97 Å². The van der Waals surface area contributed by atoms with Crippen LogP contribution in [0.2, 0.25) is 0 Å². The molecule has 0 aliphatic carbocycles. The molecular weight excluding hydrogens is 211 g/mol. The van der Waals surface area contributed by atoms with Crippen molar-refractivity contribution < 1.29 is 19.0 Å². The quantitative estimate of drug-likeness (QED) is 0.836. The Labute approximate surface area is 92.9 Å². The van der Waals surface area contributed by atoms with E-state index in [4.69, 9.17) is 9.84 Å². The van der Waals surface area contributed by atoms with E-state index >= 15 is 0 Å². The summed E-state index contributed by atoms with van der Waals surface area (Å²) >= 11 is 0. The highest BCUT2D eigenvalue weighted by atomic mass is 19.1. The van der Waals surface area contributed by atoms with Crippen LogP contribution >= 0.6 is 0 Å². The second-order valence-corrected chi connectivity index (χ2v) is 3.97. The summed E-state index contributed by atoms with van der Waals surface area (Å²) in [5.74, 6) is -1.90. The highest BCUT2D eigenvalue weighted by molar-refractivity contribution is 5.71. The maximum atomic E-state index is 13.1. The van der Waals surface area contributed by atoms with Gasteiger partial charge in [0.1, 0.15) is 5.82 Å². The van der Waals surface area contributed by atoms with Crippen molar-refractivity contribution in [3.05, 3.63) is 35.6 Å². The molecule has 0 amide bonds. The molecule has 4 heteroatoms. The summed E-state index contributed by atoms with van der Waals surface area (Å²) in [6.07, 6.45) is 0.483. The zero-order valence-electron chi connectivity index (χ0n) is 8.73. The van der Waals surface area contributed by atoms with Crippen LogP contribution in [0.1, 0.15) is 17.9 Å². The van der Waals surface area contributed by atoms with Crippen molar-refractivity contribution in [2.75, 3.05) is 13.2 Å². The van der Waals surface area contributed by atoms with Gasteiger partial charge in [-0.1, -0.05) is 12.1 Å². The van der Waals surface area contributed by atoms with Crippen LogP contribution in [-0.4, -0.2) is 24.3 Å². The molecule has 0 saturated carbocycles. The Morgan fingerprint density at radius 1 is 1.50 bits per heavy atom. The van der Waals surface area contributed by atoms with Crippen molar-refractivity contribution in [3.8, 4) is 0 Å². The fourth-order valence-corrected chi connectivity index (χ4v) is 2.10. The molecule has 1 aromatic carbocycles. The van der Waals surface area contributed by atoms with Crippen LogP contribution in [0.4, 0.5) is 4.39 Å². The lowest BCUT2D eigenvalue weighted by atomic mass is 9.83. The number of hydrogen-bond acceptors (Lipinski definition) is 2. The van der Waals surface area contributed by atoms with E-state index in [0.29, 0.717) is 25.2 Å². The summed E-state index contributed by atoms with van der Waals surface area (Å²) in [5.41, 5.74) is 0.701. The first-order valence-electron chi connectivity index (χ1n) is 5.24. The van der Waals surface area contributed by atoms with E-state index in [2.05, 4.69) is 0 Å². The molecule has 1 fully saturated rings. The fraction of sp³-hybridized carbons (Fsp3) is 0.417. The van der Waals surface area contributed by atoms with Gasteiger partial charge in [-0.2, -0.15) is 0 Å². The maximum absolute atomic E-state index is 13.1. The molecule has 0 aromatic heterocycles. The summed E-state index contributed by atoms with van der Waals surface area (Å²) < 4.78 is 18.3. The number of carboxylic acids is 1. The molecule has 1 saturated heterocycles. The van der Waals surface area contributed by atoms with Gasteiger partial charge in [0.2, 0.25) is 0 Å². The van der Waals surface area contributed by atoms with Crippen LogP contribution in [0.3, 0.4) is 0 Å². The Morgan fingerprint density at radius 3 is 3.00 bits per heavy atom. The monoisotopic (exact) mass is 224 g/mol. The van der Waals surface area contributed by atoms with Crippen molar-refractivity contribution in [2.24, 2.45) is 5.92 Å². The molecule has 1 N–H and O–H groups in total. The molecule has 1 aliphatic rings. The van der Waals surface area contributed by atoms with Crippen LogP contribution in [0.15, 0.2) is 24.3 Å². The number of halogens is 1. The second-order valence-electron chi connectivity index (χ2n) is 3.97. The number of carbonyl (C=O) groups is 1. The van der Waals surface area contributed by atoms with Crippen molar-refractivity contribution in [3.63, 3.8) is 0 Å². The number of rotatable bonds is 2. The van der Waals surface area contributed by atoms with Gasteiger partial charge in [0, 0.05) is 12.5 Å². The number of hydrogen-bond donors (Lipinski definition) is 1. The summed E-state index contributed by atoms with van der Waals surface area (Å²) in [5, 5.41) is 9.09. The minimum absolute atomic E-state index is 0.248. The zero-order chi connectivity index (χ0) is 11.5. The summed E-state index contributed by atoms with van der Waals surface area (Å²) in [6.45, 7) is 0.809. The topological polar surface area (TPSA) is 46.5 Å². The van der Waals surface area contributed by atoms with Crippen LogP contribution in [0, 0.1) is 11.7 Å². The van der Waals surface area contributed by atoms with E-state index in [1.165, 1.54) is 12.1 Å². The molecule has 1 aliphatic heterocycles. The lowest BCUT2D eigenvalue weighted by Gasteiger charge is -2.28. The van der Waals surface area contributed by atoms with Gasteiger partial charge in [-0.15, -0.1) is 0 Å². The Morgan fingerprint density at radius 2 is 2.31 bits per heavy atom. The van der Waals surface area contributed by atoms with Crippen LogP contribution in [0.5, 0.6) is 0 Å². The first-order chi connectivity index (χ1) is 7.68. The molecule has 2 unspecified atom stereocenters. The first-order valence-corrected chi connectivity index (χ1v) is 5.24. The molecule has 1 heterocycles. The van der Waals surface area contributed by atoms with Crippen molar-refractivity contribution in [1.29, 1.82) is 0 Å². The smallest absolute Gasteiger partial charge is 0.307 e. The second kappa shape index (κ2) is 4.61. The highest BCUT2D eigenvalue weighted by Crippen LogP contribution is 2.31. The molecule has 2 rings (SSSR count). The predicted molar refractivity (Wildman–Crippen MR) is 55.7 cm³/mol. The molecule has 2 atom stereocenters. The van der Waals surface area contributed by atoms with Gasteiger partial charge in [0.05, 0.1) is 12.5 Å². The normalized spacial score (nSPS) is 25.3. The number of carboxylic acid groups (broad SMARTS) is 1. The number of aliphatic carboxylic acids is 1. The van der Waals surface area contributed by atoms with E-state index in [9.17, 15) is 9.18 Å². The van der Waals surface area contributed by atoms with E-state index in [-0.39, 0.29) is 11.7 Å². The third-order valence-corrected chi connectivity index (χ3v) is 2.95. The third kappa shape index (κ3) is 2.22. The van der Waals surface area contributed by atoms with Crippen LogP contribution < -0.4 is 0 Å². The largest absolute Gasteiger partial charge is 0.481 e. The molecule has 0 spiro atoms. The SMILES string of the molecule is O=C(O)C1CCOCC1c1cccc(F)c1. The van der Waals surface area contributed by atoms with Gasteiger partial charge in [0.25, 0.3) is 0 Å². The molecule has 3 nitrogen and oxygen atoms in total. The predicted octanol–water partition coefficient (Wildman–Crippen LogP) is 2.03. The van der Waals surface area contributed by atoms with Crippen molar-refractivity contribution in [2.45, 2.75) is 12.3 Å². The van der Waals surface area contributed by atoms with E-state index in [0.717, 1.165) is 0 Å². The zero-order valence-corrected chi connectivity index (χ0v) is 8.73. The van der Waals surface area contributed by atoms with Gasteiger partial charge in [-0.25, -0.2) is 4.39 Å². The molecule has 16 heavy (non-hydrogen) atoms. The maximum Gasteiger partial charge on any atom is 0.307 e. The highest BCUT2D eigenvalue weighted by Gasteiger charge is 2.32. The van der Waals surface area contributed by atoms with Gasteiger partial charge >= 0.3 is 5.97 Å². The fourth-order valence-electron chi connectivity index (χ4n) is 2.10. The summed E-state index contributed by atoms with van der Waals surface area (Å²) in [4.78, 5) is 11.1. The van der Waals surface area contributed by atoms with Crippen LogP contribution in [0.25, 0.3) is 0 Å². The van der Waals surface area contributed by atoms with Gasteiger partial charge in [0.15, 0.2) is 0 Å². The number of ether oxygens (including phenoxy) is 1. The third-order valence-electron chi connectivity index (χ3n) is 2.95. The Hall–Kier alpha value is -1.42. The van der Waals surface area contributed by atoms with E-state index < -0.39 is 11.9 Å². The molecule has 0 bridgehead atoms. The van der Waals surface area contributed by atoms with E-state index in [1.54, 1.807) is 12.1 Å². The Kier molecular flexibility index (Phi) is 3.19. The average Bonchev–Trinajstić information content (AvgIpc) is 2.29. The summed E-state index contributed by atoms with van der Waals surface area (Å²) in [7, 11) is 0.